The van der Waals surface area contributed by atoms with Crippen molar-refractivity contribution in [2.45, 2.75) is 63.7 Å². The van der Waals surface area contributed by atoms with E-state index in [4.69, 9.17) is 26.3 Å². The first kappa shape index (κ1) is 35.2. The number of benzene rings is 3. The van der Waals surface area contributed by atoms with Gasteiger partial charge >= 0.3 is 11.9 Å². The zero-order valence-corrected chi connectivity index (χ0v) is 29.7. The average Bonchev–Trinajstić information content (AvgIpc) is 3.55. The number of carbonyl (C=O) groups excluding carboxylic acids is 3. The second-order valence-corrected chi connectivity index (χ2v) is 14.1. The van der Waals surface area contributed by atoms with Crippen LogP contribution in [0.1, 0.15) is 86.3 Å². The van der Waals surface area contributed by atoms with Crippen LogP contribution < -0.4 is 15.1 Å². The minimum absolute atomic E-state index is 0.0324. The number of piperidine rings is 1. The van der Waals surface area contributed by atoms with E-state index in [1.54, 1.807) is 18.2 Å². The largest absolute Gasteiger partial charge is 0.465 e. The third-order valence-corrected chi connectivity index (χ3v) is 10.9. The Morgan fingerprint density at radius 2 is 1.48 bits per heavy atom. The van der Waals surface area contributed by atoms with Crippen LogP contribution in [0.2, 0.25) is 5.02 Å². The Bertz CT molecular complexity index is 1730. The number of nitrogens with one attached hydrogen (secondary N) is 1. The summed E-state index contributed by atoms with van der Waals surface area (Å²) in [6.07, 6.45) is 5.86. The summed E-state index contributed by atoms with van der Waals surface area (Å²) in [5.74, 6) is -0.566. The van der Waals surface area contributed by atoms with Crippen LogP contribution in [0, 0.1) is 17.2 Å². The van der Waals surface area contributed by atoms with Crippen molar-refractivity contribution in [1.82, 2.24) is 10.2 Å². The van der Waals surface area contributed by atoms with E-state index in [2.05, 4.69) is 45.3 Å². The average molecular weight is 698 g/mol. The van der Waals surface area contributed by atoms with Crippen molar-refractivity contribution in [2.24, 2.45) is 5.92 Å². The first-order chi connectivity index (χ1) is 24.2. The van der Waals surface area contributed by atoms with Gasteiger partial charge in [-0.3, -0.25) is 9.69 Å². The van der Waals surface area contributed by atoms with Crippen LogP contribution in [-0.4, -0.2) is 75.7 Å². The molecule has 1 saturated carbocycles. The van der Waals surface area contributed by atoms with E-state index in [0.717, 1.165) is 93.8 Å². The summed E-state index contributed by atoms with van der Waals surface area (Å²) in [6, 6.07) is 19.7. The number of esters is 2. The maximum Gasteiger partial charge on any atom is 0.338 e. The van der Waals surface area contributed by atoms with Gasteiger partial charge in [0, 0.05) is 68.8 Å². The predicted molar refractivity (Wildman–Crippen MR) is 193 cm³/mol. The molecule has 10 nitrogen and oxygen atoms in total. The molecule has 6 rings (SSSR count). The number of fused-ring (bicyclic) bond motifs is 1. The normalized spacial score (nSPS) is 19.3. The molecule has 262 valence electrons. The van der Waals surface area contributed by atoms with E-state index in [-0.39, 0.29) is 23.1 Å². The highest BCUT2D eigenvalue weighted by Gasteiger charge is 2.30. The molecule has 2 aliphatic heterocycles. The molecule has 0 radical (unpaired) electrons. The topological polar surface area (TPSA) is 115 Å². The quantitative estimate of drug-likeness (QED) is 0.261. The number of amides is 1. The molecule has 50 heavy (non-hydrogen) atoms. The van der Waals surface area contributed by atoms with Gasteiger partial charge in [-0.05, 0) is 110 Å². The molecule has 1 amide bonds. The molecule has 3 aromatic rings. The van der Waals surface area contributed by atoms with Gasteiger partial charge in [0.15, 0.2) is 0 Å². The van der Waals surface area contributed by atoms with Crippen LogP contribution in [0.3, 0.4) is 0 Å². The molecule has 0 aromatic heterocycles. The fraction of sp³-hybridized carbons (Fsp3) is 0.436. The molecule has 11 heteroatoms. The highest BCUT2D eigenvalue weighted by atomic mass is 35.5. The summed E-state index contributed by atoms with van der Waals surface area (Å²) in [5, 5.41) is 12.9. The number of rotatable bonds is 9. The Kier molecular flexibility index (Phi) is 10.9. The van der Waals surface area contributed by atoms with E-state index in [0.29, 0.717) is 28.1 Å². The van der Waals surface area contributed by atoms with Crippen molar-refractivity contribution in [3.63, 3.8) is 0 Å². The maximum absolute atomic E-state index is 13.1. The van der Waals surface area contributed by atoms with E-state index in [9.17, 15) is 14.4 Å². The van der Waals surface area contributed by atoms with Gasteiger partial charge in [-0.25, -0.2) is 9.59 Å². The van der Waals surface area contributed by atoms with E-state index < -0.39 is 11.9 Å². The summed E-state index contributed by atoms with van der Waals surface area (Å²) in [4.78, 5) is 44.8. The number of hydrogen-bond donors (Lipinski definition) is 1. The highest BCUT2D eigenvalue weighted by Crippen LogP contribution is 2.32. The Hall–Kier alpha value is -4.59. The van der Waals surface area contributed by atoms with Crippen LogP contribution in [0.4, 0.5) is 11.4 Å². The van der Waals surface area contributed by atoms with Crippen molar-refractivity contribution in [1.29, 1.82) is 5.26 Å². The lowest BCUT2D eigenvalue weighted by atomic mass is 9.90. The van der Waals surface area contributed by atoms with Crippen LogP contribution in [0.15, 0.2) is 54.6 Å². The molecule has 1 N–H and O–H groups in total. The van der Waals surface area contributed by atoms with Crippen LogP contribution in [0.5, 0.6) is 0 Å². The molecule has 0 unspecified atom stereocenters. The molecule has 3 aromatic carbocycles. The van der Waals surface area contributed by atoms with Crippen molar-refractivity contribution in [2.75, 3.05) is 50.7 Å². The van der Waals surface area contributed by atoms with Crippen LogP contribution >= 0.6 is 11.6 Å². The monoisotopic (exact) mass is 697 g/mol. The maximum atomic E-state index is 13.1. The number of anilines is 2. The van der Waals surface area contributed by atoms with Crippen molar-refractivity contribution in [3.05, 3.63) is 93.0 Å². The molecular weight excluding hydrogens is 654 g/mol. The number of nitriles is 1. The summed E-state index contributed by atoms with van der Waals surface area (Å²) in [7, 11) is 4.69. The van der Waals surface area contributed by atoms with Gasteiger partial charge in [0.25, 0.3) is 5.91 Å². The lowest BCUT2D eigenvalue weighted by Gasteiger charge is -2.36. The second-order valence-electron chi connectivity index (χ2n) is 13.7. The summed E-state index contributed by atoms with van der Waals surface area (Å²) in [5.41, 5.74) is 5.87. The van der Waals surface area contributed by atoms with E-state index >= 15 is 0 Å². The molecule has 0 atom stereocenters. The van der Waals surface area contributed by atoms with Gasteiger partial charge in [0.05, 0.1) is 35.9 Å². The highest BCUT2D eigenvalue weighted by molar-refractivity contribution is 6.32. The van der Waals surface area contributed by atoms with Crippen molar-refractivity contribution < 1.29 is 23.9 Å². The SMILES string of the molecule is COC(=O)c1cc2c(cc1C(=O)OC)CN(CC1CCN(c3ccc(C(=O)N[C@H]4CC[C@H](N(C)c5ccc(C#N)c(Cl)c5)CC4)cc3)CC1)C2. The molecule has 0 bridgehead atoms. The number of hydrogen-bond acceptors (Lipinski definition) is 9. The Labute approximate surface area is 298 Å². The van der Waals surface area contributed by atoms with E-state index in [1.165, 1.54) is 14.2 Å². The van der Waals surface area contributed by atoms with Gasteiger partial charge < -0.3 is 24.6 Å². The van der Waals surface area contributed by atoms with Gasteiger partial charge in [0.1, 0.15) is 6.07 Å². The molecule has 2 heterocycles. The number of nitrogens with zero attached hydrogens (tertiary/aromatic N) is 4. The second kappa shape index (κ2) is 15.5. The first-order valence-corrected chi connectivity index (χ1v) is 17.7. The molecule has 2 fully saturated rings. The number of ether oxygens (including phenoxy) is 2. The third kappa shape index (κ3) is 7.74. The Morgan fingerprint density at radius 1 is 0.880 bits per heavy atom. The third-order valence-electron chi connectivity index (χ3n) is 10.6. The van der Waals surface area contributed by atoms with Crippen LogP contribution in [0.25, 0.3) is 0 Å². The summed E-state index contributed by atoms with van der Waals surface area (Å²) >= 11 is 6.26. The molecular formula is C39H44ClN5O5. The Morgan fingerprint density at radius 3 is 2.02 bits per heavy atom. The fourth-order valence-electron chi connectivity index (χ4n) is 7.67. The fourth-order valence-corrected chi connectivity index (χ4v) is 7.89. The molecule has 3 aliphatic rings. The summed E-state index contributed by atoms with van der Waals surface area (Å²) in [6.45, 7) is 4.31. The number of halogens is 1. The van der Waals surface area contributed by atoms with Gasteiger partial charge in [0.2, 0.25) is 0 Å². The molecule has 0 spiro atoms. The number of carbonyl (C=O) groups is 3. The van der Waals surface area contributed by atoms with Gasteiger partial charge in [-0.15, -0.1) is 0 Å². The van der Waals surface area contributed by atoms with Crippen LogP contribution in [-0.2, 0) is 22.6 Å². The minimum atomic E-state index is -0.539. The molecule has 1 saturated heterocycles. The van der Waals surface area contributed by atoms with Gasteiger partial charge in [-0.2, -0.15) is 5.26 Å². The zero-order valence-electron chi connectivity index (χ0n) is 28.9. The van der Waals surface area contributed by atoms with Crippen molar-refractivity contribution >= 4 is 40.8 Å². The first-order valence-electron chi connectivity index (χ1n) is 17.3. The predicted octanol–water partition coefficient (Wildman–Crippen LogP) is 6.19. The lowest BCUT2D eigenvalue weighted by Crippen LogP contribution is -2.43. The number of methoxy groups -OCH3 is 2. The zero-order chi connectivity index (χ0) is 35.4. The molecule has 1 aliphatic carbocycles. The smallest absolute Gasteiger partial charge is 0.338 e. The summed E-state index contributed by atoms with van der Waals surface area (Å²) < 4.78 is 9.82. The standard InChI is InChI=1S/C39H44ClN5O5/c1-43(33-11-6-27(21-41)36(40)20-33)31-12-7-30(8-13-31)42-37(46)26-4-9-32(10-5-26)45-16-14-25(15-17-45)22-44-23-28-18-34(38(47)49-2)35(39(48)50-3)19-29(28)24-44/h4-6,9-11,18-20,25,30-31H,7-8,12-17,22-24H2,1-3H3,(H,42,46)/t30-,31-. The van der Waals surface area contributed by atoms with Gasteiger partial charge in [-0.1, -0.05) is 11.6 Å². The minimum Gasteiger partial charge on any atom is -0.465 e. The Balaban J connectivity index is 0.951. The van der Waals surface area contributed by atoms with Crippen molar-refractivity contribution in [3.8, 4) is 6.07 Å². The van der Waals surface area contributed by atoms with E-state index in [1.807, 2.05) is 24.3 Å². The lowest BCUT2D eigenvalue weighted by molar-refractivity contribution is 0.0555.